The van der Waals surface area contributed by atoms with Crippen LogP contribution in [-0.2, 0) is 16.1 Å². The summed E-state index contributed by atoms with van der Waals surface area (Å²) >= 11 is 0. The number of aromatic amines is 1. The zero-order valence-electron chi connectivity index (χ0n) is 10.5. The monoisotopic (exact) mass is 271 g/mol. The number of H-pyrrole nitrogens is 1. The molecule has 0 aliphatic rings. The number of nitrogens with one attached hydrogen (secondary N) is 1. The number of hydrogen-bond donors (Lipinski definition) is 3. The average molecular weight is 271 g/mol. The van der Waals surface area contributed by atoms with Crippen LogP contribution >= 0.6 is 0 Å². The Morgan fingerprint density at radius 2 is 2.11 bits per heavy atom. The zero-order valence-corrected chi connectivity index (χ0v) is 11.4. The number of rotatable bonds is 3. The maximum absolute atomic E-state index is 11.0. The smallest absolute Gasteiger partial charge is 0.155 e. The molecule has 7 nitrogen and oxygen atoms in total. The third-order valence-electron chi connectivity index (χ3n) is 2.71. The summed E-state index contributed by atoms with van der Waals surface area (Å²) in [4.78, 5) is 2.95. The molecule has 0 aromatic carbocycles. The lowest BCUT2D eigenvalue weighted by molar-refractivity contribution is 0.555. The van der Waals surface area contributed by atoms with Gasteiger partial charge in [-0.3, -0.25) is 0 Å². The summed E-state index contributed by atoms with van der Waals surface area (Å²) in [5, 5.41) is 7.65. The van der Waals surface area contributed by atoms with Crippen LogP contribution in [0.15, 0.2) is 6.07 Å². The lowest BCUT2D eigenvalue weighted by Gasteiger charge is -2.13. The van der Waals surface area contributed by atoms with Gasteiger partial charge in [0.1, 0.15) is 11.1 Å². The van der Waals surface area contributed by atoms with Gasteiger partial charge in [-0.25, -0.2) is 8.42 Å². The van der Waals surface area contributed by atoms with Gasteiger partial charge in [0.15, 0.2) is 16.4 Å². The van der Waals surface area contributed by atoms with Crippen molar-refractivity contribution >= 4 is 16.4 Å². The molecular formula is C10H17N5O2S. The zero-order chi connectivity index (χ0) is 13.5. The minimum atomic E-state index is -2.65. The maximum atomic E-state index is 11.0. The van der Waals surface area contributed by atoms with Gasteiger partial charge in [-0.15, -0.1) is 9.73 Å². The molecule has 0 aliphatic heterocycles. The Bertz CT molecular complexity index is 595. The van der Waals surface area contributed by atoms with E-state index in [1.807, 2.05) is 26.8 Å². The van der Waals surface area contributed by atoms with E-state index in [2.05, 4.69) is 15.2 Å². The van der Waals surface area contributed by atoms with Crippen molar-refractivity contribution in [1.29, 1.82) is 0 Å². The van der Waals surface area contributed by atoms with Crippen LogP contribution in [0.4, 0.5) is 0 Å². The van der Waals surface area contributed by atoms with E-state index >= 15 is 0 Å². The van der Waals surface area contributed by atoms with Gasteiger partial charge < -0.3 is 10.7 Å². The third kappa shape index (κ3) is 2.25. The predicted octanol–water partition coefficient (Wildman–Crippen LogP) is -0.0339. The minimum absolute atomic E-state index is 0.00149. The first kappa shape index (κ1) is 13.0. The first-order valence-corrected chi connectivity index (χ1v) is 6.87. The van der Waals surface area contributed by atoms with Crippen molar-refractivity contribution in [3.63, 3.8) is 0 Å². The number of thiol groups is 1. The molecule has 0 amide bonds. The predicted molar refractivity (Wildman–Crippen MR) is 68.1 cm³/mol. The number of nitrogens with two attached hydrogens (primary N) is 1. The summed E-state index contributed by atoms with van der Waals surface area (Å²) < 4.78 is 23.5. The largest absolute Gasteiger partial charge is 0.329 e. The van der Waals surface area contributed by atoms with Crippen LogP contribution in [0.25, 0.3) is 5.65 Å². The van der Waals surface area contributed by atoms with E-state index in [0.717, 1.165) is 5.69 Å². The number of fused-ring (bicyclic) bond motifs is 1. The highest BCUT2D eigenvalue weighted by atomic mass is 32.2. The Morgan fingerprint density at radius 3 is 2.56 bits per heavy atom. The van der Waals surface area contributed by atoms with Crippen LogP contribution in [0.1, 0.15) is 37.5 Å². The fourth-order valence-corrected chi connectivity index (χ4v) is 2.09. The van der Waals surface area contributed by atoms with Crippen LogP contribution in [-0.4, -0.2) is 34.8 Å². The Morgan fingerprint density at radius 1 is 1.44 bits per heavy atom. The summed E-state index contributed by atoms with van der Waals surface area (Å²) in [5.74, 6) is 0.330. The van der Waals surface area contributed by atoms with E-state index in [1.165, 1.54) is 4.63 Å². The second-order valence-electron chi connectivity index (χ2n) is 5.20. The summed E-state index contributed by atoms with van der Waals surface area (Å²) in [6, 6.07) is 1.86. The molecule has 100 valence electrons. The second-order valence-corrected chi connectivity index (χ2v) is 6.40. The van der Waals surface area contributed by atoms with Crippen LogP contribution in [0, 0.1) is 0 Å². The van der Waals surface area contributed by atoms with Crippen LogP contribution < -0.4 is 5.73 Å². The van der Waals surface area contributed by atoms with E-state index in [-0.39, 0.29) is 12.0 Å². The normalized spacial score (nSPS) is 14.5. The van der Waals surface area contributed by atoms with E-state index in [1.54, 1.807) is 0 Å². The van der Waals surface area contributed by atoms with Gasteiger partial charge >= 0.3 is 0 Å². The topological polar surface area (TPSA) is 106 Å². The molecule has 1 atom stereocenters. The Labute approximate surface area is 106 Å². The molecular weight excluding hydrogens is 254 g/mol. The van der Waals surface area contributed by atoms with Gasteiger partial charge in [0, 0.05) is 18.0 Å². The second kappa shape index (κ2) is 4.36. The summed E-state index contributed by atoms with van der Waals surface area (Å²) in [5.41, 5.74) is 6.91. The molecule has 3 N–H and O–H groups in total. The average Bonchev–Trinajstić information content (AvgIpc) is 2.74. The molecule has 0 spiro atoms. The highest BCUT2D eigenvalue weighted by Gasteiger charge is 2.22. The van der Waals surface area contributed by atoms with Gasteiger partial charge in [-0.2, -0.15) is 5.10 Å². The molecule has 0 saturated carbocycles. The van der Waals surface area contributed by atoms with E-state index in [9.17, 15) is 8.42 Å². The van der Waals surface area contributed by atoms with Crippen molar-refractivity contribution in [1.82, 2.24) is 19.8 Å². The van der Waals surface area contributed by atoms with Crippen molar-refractivity contribution < 1.29 is 8.42 Å². The summed E-state index contributed by atoms with van der Waals surface area (Å²) in [6.45, 7) is 6.15. The van der Waals surface area contributed by atoms with Crippen molar-refractivity contribution in [2.45, 2.75) is 31.4 Å². The fraction of sp³-hybridized carbons (Fsp3) is 0.600. The molecule has 2 heterocycles. The lowest BCUT2D eigenvalue weighted by atomic mass is 9.93. The number of aromatic nitrogens is 4. The standard InChI is InChI=1S/C10H17N5O2S/c1-10(2,3)7-4-8-12-9(14-15(8)13-7)6(5-11)18(16)17/h4,6,18H,5,11H2,1-3H3,(H,12,14). The maximum Gasteiger partial charge on any atom is 0.155 e. The van der Waals surface area contributed by atoms with Crippen molar-refractivity contribution in [2.24, 2.45) is 5.73 Å². The Hall–Kier alpha value is -1.41. The molecule has 0 aliphatic carbocycles. The molecule has 1 unspecified atom stereocenters. The van der Waals surface area contributed by atoms with E-state index in [0.29, 0.717) is 11.5 Å². The van der Waals surface area contributed by atoms with Gasteiger partial charge in [0.25, 0.3) is 0 Å². The summed E-state index contributed by atoms with van der Waals surface area (Å²) in [6.07, 6.45) is 0. The molecule has 8 heteroatoms. The highest BCUT2D eigenvalue weighted by Crippen LogP contribution is 2.22. The molecule has 0 saturated heterocycles. The van der Waals surface area contributed by atoms with Gasteiger partial charge in [-0.05, 0) is 0 Å². The third-order valence-corrected chi connectivity index (χ3v) is 3.68. The Kier molecular flexibility index (Phi) is 3.16. The first-order chi connectivity index (χ1) is 8.32. The van der Waals surface area contributed by atoms with Gasteiger partial charge in [-0.1, -0.05) is 20.8 Å². The SMILES string of the molecule is CC(C)(C)c1cc2[nH]c(C(CN)[SH](=O)=O)nn2n1. The van der Waals surface area contributed by atoms with E-state index < -0.39 is 16.0 Å². The molecule has 2 aromatic rings. The molecule has 2 aromatic heterocycles. The molecule has 0 fully saturated rings. The van der Waals surface area contributed by atoms with Crippen molar-refractivity contribution in [2.75, 3.05) is 6.54 Å². The molecule has 2 rings (SSSR count). The van der Waals surface area contributed by atoms with Crippen LogP contribution in [0.5, 0.6) is 0 Å². The molecule has 0 bridgehead atoms. The fourth-order valence-electron chi connectivity index (χ4n) is 1.61. The quantitative estimate of drug-likeness (QED) is 0.679. The van der Waals surface area contributed by atoms with Crippen molar-refractivity contribution in [3.8, 4) is 0 Å². The minimum Gasteiger partial charge on any atom is -0.329 e. The van der Waals surface area contributed by atoms with Gasteiger partial charge in [0.05, 0.1) is 5.69 Å². The molecule has 18 heavy (non-hydrogen) atoms. The van der Waals surface area contributed by atoms with E-state index in [4.69, 9.17) is 5.73 Å². The first-order valence-electron chi connectivity index (χ1n) is 5.63. The number of nitrogens with zero attached hydrogens (tertiary/aromatic N) is 3. The van der Waals surface area contributed by atoms with Crippen molar-refractivity contribution in [3.05, 3.63) is 17.6 Å². The molecule has 0 radical (unpaired) electrons. The Balaban J connectivity index is 2.44. The lowest BCUT2D eigenvalue weighted by Crippen LogP contribution is -2.16. The number of hydrogen-bond acceptors (Lipinski definition) is 5. The summed E-state index contributed by atoms with van der Waals surface area (Å²) in [7, 11) is -2.65. The van der Waals surface area contributed by atoms with Crippen LogP contribution in [0.3, 0.4) is 0 Å². The van der Waals surface area contributed by atoms with Crippen LogP contribution in [0.2, 0.25) is 0 Å². The highest BCUT2D eigenvalue weighted by molar-refractivity contribution is 7.72. The van der Waals surface area contributed by atoms with Gasteiger partial charge in [0.2, 0.25) is 0 Å².